The second kappa shape index (κ2) is 7.60. The molecule has 0 spiro atoms. The van der Waals surface area contributed by atoms with Crippen molar-refractivity contribution < 1.29 is 22.8 Å². The van der Waals surface area contributed by atoms with E-state index in [1.165, 1.54) is 24.3 Å². The lowest BCUT2D eigenvalue weighted by atomic mass is 9.89. The Morgan fingerprint density at radius 1 is 0.967 bits per heavy atom. The molecule has 1 N–H and O–H groups in total. The summed E-state index contributed by atoms with van der Waals surface area (Å²) in [5.41, 5.74) is -1.14. The third-order valence-corrected chi connectivity index (χ3v) is 5.52. The van der Waals surface area contributed by atoms with Crippen molar-refractivity contribution in [1.82, 2.24) is 15.1 Å². The van der Waals surface area contributed by atoms with Crippen LogP contribution in [0.1, 0.15) is 17.5 Å². The molecule has 8 heteroatoms. The first-order valence-electron chi connectivity index (χ1n) is 9.56. The normalized spacial score (nSPS) is 22.8. The van der Waals surface area contributed by atoms with Crippen LogP contribution in [-0.4, -0.2) is 47.7 Å². The molecule has 2 aliphatic rings. The van der Waals surface area contributed by atoms with E-state index in [2.05, 4.69) is 0 Å². The molecule has 1 unspecified atom stereocenters. The van der Waals surface area contributed by atoms with Crippen molar-refractivity contribution in [2.45, 2.75) is 18.1 Å². The van der Waals surface area contributed by atoms with Crippen LogP contribution in [-0.2, 0) is 10.3 Å². The summed E-state index contributed by atoms with van der Waals surface area (Å²) in [5.74, 6) is -1.30. The van der Waals surface area contributed by atoms with Gasteiger partial charge in [0.15, 0.2) is 0 Å². The van der Waals surface area contributed by atoms with Gasteiger partial charge in [0.25, 0.3) is 5.91 Å². The van der Waals surface area contributed by atoms with Crippen LogP contribution >= 0.6 is 0 Å². The lowest BCUT2D eigenvalue weighted by Crippen LogP contribution is -2.56. The van der Waals surface area contributed by atoms with E-state index in [0.717, 1.165) is 11.1 Å². The molecule has 156 valence electrons. The minimum absolute atomic E-state index is 0.200. The second-order valence-electron chi connectivity index (χ2n) is 7.34. The molecule has 2 heterocycles. The van der Waals surface area contributed by atoms with Gasteiger partial charge in [0.1, 0.15) is 0 Å². The molecule has 1 saturated heterocycles. The molecule has 0 bridgehead atoms. The Morgan fingerprint density at radius 2 is 1.60 bits per heavy atom. The molecule has 30 heavy (non-hydrogen) atoms. The van der Waals surface area contributed by atoms with E-state index < -0.39 is 23.7 Å². The molecule has 1 fully saturated rings. The van der Waals surface area contributed by atoms with Gasteiger partial charge in [-0.2, -0.15) is 13.2 Å². The molecule has 2 aliphatic heterocycles. The van der Waals surface area contributed by atoms with Crippen LogP contribution in [0.3, 0.4) is 0 Å². The number of hydrogen-bond acceptors (Lipinski definition) is 3. The van der Waals surface area contributed by atoms with Gasteiger partial charge in [-0.05, 0) is 23.1 Å². The van der Waals surface area contributed by atoms with Gasteiger partial charge >= 0.3 is 12.2 Å². The Morgan fingerprint density at radius 3 is 2.17 bits per heavy atom. The monoisotopic (exact) mass is 415 g/mol. The van der Waals surface area contributed by atoms with Crippen molar-refractivity contribution >= 4 is 17.5 Å². The largest absolute Gasteiger partial charge is 0.425 e. The maximum absolute atomic E-state index is 14.0. The lowest BCUT2D eigenvalue weighted by molar-refractivity contribution is -0.198. The number of urea groups is 1. The number of benzene rings is 2. The number of rotatable bonds is 4. The highest BCUT2D eigenvalue weighted by molar-refractivity contribution is 6.08. The van der Waals surface area contributed by atoms with E-state index in [-0.39, 0.29) is 12.2 Å². The zero-order chi connectivity index (χ0) is 21.4. The number of nitrogens with one attached hydrogen (secondary N) is 1. The van der Waals surface area contributed by atoms with Gasteiger partial charge in [-0.3, -0.25) is 9.69 Å². The van der Waals surface area contributed by atoms with Crippen molar-refractivity contribution in [2.24, 2.45) is 0 Å². The van der Waals surface area contributed by atoms with Crippen LogP contribution in [0.4, 0.5) is 18.0 Å². The molecule has 3 amide bonds. The Hall–Kier alpha value is -3.13. The summed E-state index contributed by atoms with van der Waals surface area (Å²) < 4.78 is 42.1. The van der Waals surface area contributed by atoms with Crippen LogP contribution in [0.15, 0.2) is 66.7 Å². The Balaban J connectivity index is 1.54. The first kappa shape index (κ1) is 20.2. The number of halogens is 3. The summed E-state index contributed by atoms with van der Waals surface area (Å²) in [7, 11) is 0. The molecular formula is C22H20F3N3O2. The summed E-state index contributed by atoms with van der Waals surface area (Å²) in [5, 5.41) is 1.92. The van der Waals surface area contributed by atoms with Crippen LogP contribution in [0, 0.1) is 0 Å². The number of carbonyl (C=O) groups excluding carboxylic acids is 2. The van der Waals surface area contributed by atoms with Gasteiger partial charge in [-0.25, -0.2) is 9.69 Å². The van der Waals surface area contributed by atoms with Crippen molar-refractivity contribution in [1.29, 1.82) is 0 Å². The van der Waals surface area contributed by atoms with Crippen molar-refractivity contribution in [3.63, 3.8) is 0 Å². The molecule has 0 aliphatic carbocycles. The molecule has 0 aromatic heterocycles. The topological polar surface area (TPSA) is 52.7 Å². The molecule has 2 aromatic rings. The van der Waals surface area contributed by atoms with E-state index in [9.17, 15) is 22.8 Å². The van der Waals surface area contributed by atoms with E-state index in [1.807, 2.05) is 41.7 Å². The van der Waals surface area contributed by atoms with Crippen LogP contribution < -0.4 is 5.32 Å². The predicted molar refractivity (Wildman–Crippen MR) is 105 cm³/mol. The van der Waals surface area contributed by atoms with Crippen molar-refractivity contribution in [2.75, 3.05) is 19.8 Å². The SMILES string of the molecule is O=C1NC(c2ccccc2)(C(F)(F)F)C(=O)N1CN1CC=C(c2ccccc2)CC1. The van der Waals surface area contributed by atoms with Gasteiger partial charge in [0.2, 0.25) is 5.54 Å². The standard InChI is InChI=1S/C22H20F3N3O2/c23-22(24,25)21(18-9-5-2-6-10-18)19(29)28(20(30)26-21)15-27-13-11-17(12-14-27)16-7-3-1-4-8-16/h1-11H,12-15H2,(H,26,30). The van der Waals surface area contributed by atoms with Crippen LogP contribution in [0.2, 0.25) is 0 Å². The summed E-state index contributed by atoms with van der Waals surface area (Å²) in [6, 6.07) is 15.5. The molecule has 4 rings (SSSR count). The Bertz CT molecular complexity index is 976. The number of imide groups is 1. The zero-order valence-electron chi connectivity index (χ0n) is 16.0. The minimum Gasteiger partial charge on any atom is -0.312 e. The highest BCUT2D eigenvalue weighted by Gasteiger charge is 2.68. The van der Waals surface area contributed by atoms with Gasteiger partial charge < -0.3 is 5.32 Å². The molecule has 1 atom stereocenters. The van der Waals surface area contributed by atoms with E-state index in [0.29, 0.717) is 24.4 Å². The van der Waals surface area contributed by atoms with Crippen LogP contribution in [0.25, 0.3) is 5.57 Å². The maximum Gasteiger partial charge on any atom is 0.425 e. The Kier molecular flexibility index (Phi) is 5.11. The summed E-state index contributed by atoms with van der Waals surface area (Å²) >= 11 is 0. The van der Waals surface area contributed by atoms with Gasteiger partial charge in [-0.1, -0.05) is 66.7 Å². The number of hydrogen-bond donors (Lipinski definition) is 1. The van der Waals surface area contributed by atoms with Crippen molar-refractivity contribution in [3.05, 3.63) is 77.9 Å². The molecule has 2 aromatic carbocycles. The highest BCUT2D eigenvalue weighted by Crippen LogP contribution is 2.43. The minimum atomic E-state index is -4.97. The molecular weight excluding hydrogens is 395 g/mol. The highest BCUT2D eigenvalue weighted by atomic mass is 19.4. The maximum atomic E-state index is 14.0. The average Bonchev–Trinajstić information content (AvgIpc) is 3.01. The quantitative estimate of drug-likeness (QED) is 0.774. The first-order chi connectivity index (χ1) is 14.3. The number of amides is 3. The Labute approximate surface area is 171 Å². The fraction of sp³-hybridized carbons (Fsp3) is 0.273. The van der Waals surface area contributed by atoms with E-state index >= 15 is 0 Å². The smallest absolute Gasteiger partial charge is 0.312 e. The third kappa shape index (κ3) is 3.37. The fourth-order valence-electron chi connectivity index (χ4n) is 3.90. The summed E-state index contributed by atoms with van der Waals surface area (Å²) in [6.45, 7) is 0.766. The average molecular weight is 415 g/mol. The third-order valence-electron chi connectivity index (χ3n) is 5.52. The van der Waals surface area contributed by atoms with Crippen LogP contribution in [0.5, 0.6) is 0 Å². The number of alkyl halides is 3. The van der Waals surface area contributed by atoms with E-state index in [4.69, 9.17) is 0 Å². The summed E-state index contributed by atoms with van der Waals surface area (Å²) in [4.78, 5) is 27.8. The second-order valence-corrected chi connectivity index (χ2v) is 7.34. The van der Waals surface area contributed by atoms with Gasteiger partial charge in [0.05, 0.1) is 6.67 Å². The molecule has 0 saturated carbocycles. The van der Waals surface area contributed by atoms with Gasteiger partial charge in [-0.15, -0.1) is 0 Å². The summed E-state index contributed by atoms with van der Waals surface area (Å²) in [6.07, 6.45) is -2.32. The van der Waals surface area contributed by atoms with Gasteiger partial charge in [0, 0.05) is 13.1 Å². The molecule has 5 nitrogen and oxygen atoms in total. The van der Waals surface area contributed by atoms with E-state index in [1.54, 1.807) is 11.0 Å². The fourth-order valence-corrected chi connectivity index (χ4v) is 3.90. The zero-order valence-corrected chi connectivity index (χ0v) is 16.0. The lowest BCUT2D eigenvalue weighted by Gasteiger charge is -2.31. The van der Waals surface area contributed by atoms with Crippen molar-refractivity contribution in [3.8, 4) is 0 Å². The first-order valence-corrected chi connectivity index (χ1v) is 9.56. The number of nitrogens with zero attached hydrogens (tertiary/aromatic N) is 2. The number of carbonyl (C=O) groups is 2. The molecule has 0 radical (unpaired) electrons. The predicted octanol–water partition coefficient (Wildman–Crippen LogP) is 3.74.